The van der Waals surface area contributed by atoms with Crippen LogP contribution in [0.1, 0.15) is 68.4 Å². The lowest BCUT2D eigenvalue weighted by molar-refractivity contribution is -0.148. The highest BCUT2D eigenvalue weighted by atomic mass is 19.4. The molecule has 0 saturated carbocycles. The molecule has 1 aromatic rings. The molecule has 1 N–H and O–H groups in total. The summed E-state index contributed by atoms with van der Waals surface area (Å²) in [4.78, 5) is 20.3. The summed E-state index contributed by atoms with van der Waals surface area (Å²) in [5, 5.41) is 9.34. The second-order valence-electron chi connectivity index (χ2n) is 11.4. The third-order valence-corrected chi connectivity index (χ3v) is 8.71. The monoisotopic (exact) mass is 541 g/mol. The molecule has 2 atom stereocenters. The topological polar surface area (TPSA) is 56.1 Å². The van der Waals surface area contributed by atoms with Crippen LogP contribution < -0.4 is 0 Å². The van der Waals surface area contributed by atoms with Gasteiger partial charge in [-0.25, -0.2) is 4.99 Å². The maximum absolute atomic E-state index is 12.7. The lowest BCUT2D eigenvalue weighted by Crippen LogP contribution is -2.41. The van der Waals surface area contributed by atoms with E-state index in [2.05, 4.69) is 60.4 Å². The van der Waals surface area contributed by atoms with Crippen molar-refractivity contribution in [3.8, 4) is 0 Å². The number of aliphatic carboxylic acids is 1. The van der Waals surface area contributed by atoms with E-state index >= 15 is 0 Å². The summed E-state index contributed by atoms with van der Waals surface area (Å²) in [5.41, 5.74) is 4.70. The summed E-state index contributed by atoms with van der Waals surface area (Å²) in [5.74, 6) is 0.692. The highest BCUT2D eigenvalue weighted by molar-refractivity contribution is 5.84. The Balaban J connectivity index is 1.26. The van der Waals surface area contributed by atoms with Crippen molar-refractivity contribution in [3.63, 3.8) is 0 Å². The number of carboxylic acids is 1. The van der Waals surface area contributed by atoms with Gasteiger partial charge in [0.1, 0.15) is 5.84 Å². The number of aliphatic imine (C=N–C) groups is 1. The number of hydrogen-bond acceptors (Lipinski definition) is 4. The average molecular weight is 542 g/mol. The molecule has 2 fully saturated rings. The summed E-state index contributed by atoms with van der Waals surface area (Å²) < 4.78 is 38.2. The third kappa shape index (κ3) is 6.83. The summed E-state index contributed by atoms with van der Waals surface area (Å²) in [6.07, 6.45) is 9.46. The van der Waals surface area contributed by atoms with Crippen molar-refractivity contribution < 1.29 is 23.1 Å². The van der Waals surface area contributed by atoms with E-state index in [1.807, 2.05) is 0 Å². The molecule has 2 unspecified atom stereocenters. The summed E-state index contributed by atoms with van der Waals surface area (Å²) >= 11 is 0. The van der Waals surface area contributed by atoms with Gasteiger partial charge in [0.05, 0.1) is 12.5 Å². The molecule has 0 bridgehead atoms. The number of benzene rings is 1. The number of hydrogen-bond donors (Lipinski definition) is 1. The fraction of sp³-hybridized carbons (Fsp3) is 0.548. The van der Waals surface area contributed by atoms with Gasteiger partial charge in [-0.15, -0.1) is 0 Å². The minimum Gasteiger partial charge on any atom is -0.481 e. The Bertz CT molecular complexity index is 1150. The van der Waals surface area contributed by atoms with Crippen LogP contribution in [0.4, 0.5) is 13.2 Å². The number of likely N-dealkylation sites (tertiary alicyclic amines) is 2. The van der Waals surface area contributed by atoms with Gasteiger partial charge in [0, 0.05) is 37.0 Å². The smallest absolute Gasteiger partial charge is 0.401 e. The van der Waals surface area contributed by atoms with E-state index in [1.165, 1.54) is 21.6 Å². The number of amidine groups is 1. The van der Waals surface area contributed by atoms with Crippen LogP contribution in [0.3, 0.4) is 0 Å². The average Bonchev–Trinajstić information content (AvgIpc) is 2.93. The predicted molar refractivity (Wildman–Crippen MR) is 147 cm³/mol. The number of nitrogens with zero attached hydrogens (tertiary/aromatic N) is 3. The molecule has 0 spiro atoms. The second kappa shape index (κ2) is 11.7. The van der Waals surface area contributed by atoms with Gasteiger partial charge >= 0.3 is 12.1 Å². The number of carboxylic acid groups (broad SMARTS) is 1. The standard InChI is InChI=1S/C31H38F3N3O2/c1-21-5-10-26(24-8-6-22(7-9-24)23-11-15-36(16-12-23)20-31(32,33)34)27(19-21)28-3-2-4-29(35-28)37-17-13-25(14-18-37)30(38)39/h3,5-10,19,23,25-27H,2,4,11-18,20H2,1H3,(H,38,39). The minimum absolute atomic E-state index is 0.123. The molecule has 1 aromatic carbocycles. The van der Waals surface area contributed by atoms with Gasteiger partial charge in [-0.05, 0) is 69.2 Å². The minimum atomic E-state index is -4.14. The van der Waals surface area contributed by atoms with E-state index in [4.69, 9.17) is 4.99 Å². The lowest BCUT2D eigenvalue weighted by atomic mass is 9.78. The zero-order valence-electron chi connectivity index (χ0n) is 22.5. The molecule has 3 heterocycles. The Morgan fingerprint density at radius 3 is 2.31 bits per heavy atom. The van der Waals surface area contributed by atoms with Crippen LogP contribution in [0.15, 0.2) is 64.8 Å². The number of rotatable bonds is 5. The molecule has 3 aliphatic heterocycles. The molecule has 0 radical (unpaired) electrons. The van der Waals surface area contributed by atoms with Gasteiger partial charge in [-0.2, -0.15) is 13.2 Å². The molecule has 5 nitrogen and oxygen atoms in total. The normalized spacial score (nSPS) is 25.7. The van der Waals surface area contributed by atoms with Gasteiger partial charge in [-0.1, -0.05) is 54.1 Å². The van der Waals surface area contributed by atoms with Gasteiger partial charge in [0.25, 0.3) is 0 Å². The van der Waals surface area contributed by atoms with Gasteiger partial charge in [-0.3, -0.25) is 9.69 Å². The maximum atomic E-state index is 12.7. The fourth-order valence-electron chi connectivity index (χ4n) is 6.50. The summed E-state index contributed by atoms with van der Waals surface area (Å²) in [6.45, 7) is 3.73. The molecule has 4 aliphatic rings. The molecule has 5 rings (SSSR count). The highest BCUT2D eigenvalue weighted by Crippen LogP contribution is 2.40. The number of halogens is 3. The van der Waals surface area contributed by atoms with Crippen molar-refractivity contribution in [2.24, 2.45) is 16.8 Å². The number of allylic oxidation sites excluding steroid dienone is 5. The van der Waals surface area contributed by atoms with E-state index in [-0.39, 0.29) is 17.8 Å². The SMILES string of the molecule is CC1=CC(C2=CCCC(N3CCC(C(=O)O)CC3)=N2)C(c2ccc(C3CCN(CC(F)(F)F)CC3)cc2)C=C1. The molecular weight excluding hydrogens is 503 g/mol. The Morgan fingerprint density at radius 2 is 1.67 bits per heavy atom. The van der Waals surface area contributed by atoms with Crippen molar-refractivity contribution in [1.82, 2.24) is 9.80 Å². The first kappa shape index (κ1) is 27.7. The van der Waals surface area contributed by atoms with Crippen LogP contribution >= 0.6 is 0 Å². The number of carbonyl (C=O) groups is 1. The zero-order chi connectivity index (χ0) is 27.6. The second-order valence-corrected chi connectivity index (χ2v) is 11.4. The van der Waals surface area contributed by atoms with Gasteiger partial charge < -0.3 is 10.0 Å². The molecule has 0 amide bonds. The molecule has 0 aromatic heterocycles. The van der Waals surface area contributed by atoms with Crippen LogP contribution in [0.2, 0.25) is 0 Å². The molecule has 1 aliphatic carbocycles. The van der Waals surface area contributed by atoms with Crippen molar-refractivity contribution in [2.45, 2.75) is 63.5 Å². The van der Waals surface area contributed by atoms with Crippen molar-refractivity contribution >= 4 is 11.8 Å². The Hall–Kier alpha value is -2.87. The predicted octanol–water partition coefficient (Wildman–Crippen LogP) is 6.52. The van der Waals surface area contributed by atoms with Crippen molar-refractivity contribution in [3.05, 3.63) is 71.0 Å². The van der Waals surface area contributed by atoms with Crippen LogP contribution in [-0.4, -0.2) is 65.6 Å². The van der Waals surface area contributed by atoms with Gasteiger partial charge in [0.2, 0.25) is 0 Å². The van der Waals surface area contributed by atoms with E-state index in [0.717, 1.165) is 50.3 Å². The van der Waals surface area contributed by atoms with E-state index in [9.17, 15) is 23.1 Å². The Kier molecular flexibility index (Phi) is 8.31. The lowest BCUT2D eigenvalue weighted by Gasteiger charge is -2.35. The van der Waals surface area contributed by atoms with Crippen molar-refractivity contribution in [2.75, 3.05) is 32.7 Å². The zero-order valence-corrected chi connectivity index (χ0v) is 22.5. The largest absolute Gasteiger partial charge is 0.481 e. The maximum Gasteiger partial charge on any atom is 0.401 e. The number of alkyl halides is 3. The Labute approximate surface area is 228 Å². The van der Waals surface area contributed by atoms with Gasteiger partial charge in [0.15, 0.2) is 0 Å². The van der Waals surface area contributed by atoms with Crippen LogP contribution in [-0.2, 0) is 4.79 Å². The quantitative estimate of drug-likeness (QED) is 0.461. The van der Waals surface area contributed by atoms with Crippen LogP contribution in [0, 0.1) is 11.8 Å². The summed E-state index contributed by atoms with van der Waals surface area (Å²) in [6, 6.07) is 8.68. The fourth-order valence-corrected chi connectivity index (χ4v) is 6.50. The van der Waals surface area contributed by atoms with Crippen LogP contribution in [0.25, 0.3) is 0 Å². The molecule has 210 valence electrons. The van der Waals surface area contributed by atoms with Crippen molar-refractivity contribution in [1.29, 1.82) is 0 Å². The first-order valence-corrected chi connectivity index (χ1v) is 14.2. The first-order chi connectivity index (χ1) is 18.7. The Morgan fingerprint density at radius 1 is 1.00 bits per heavy atom. The van der Waals surface area contributed by atoms with E-state index in [0.29, 0.717) is 31.8 Å². The summed E-state index contributed by atoms with van der Waals surface area (Å²) in [7, 11) is 0. The third-order valence-electron chi connectivity index (χ3n) is 8.71. The van der Waals surface area contributed by atoms with E-state index < -0.39 is 18.7 Å². The van der Waals surface area contributed by atoms with E-state index in [1.54, 1.807) is 0 Å². The number of piperidine rings is 2. The molecular formula is C31H38F3N3O2. The molecule has 39 heavy (non-hydrogen) atoms. The molecule has 8 heteroatoms. The highest BCUT2D eigenvalue weighted by Gasteiger charge is 2.33. The first-order valence-electron chi connectivity index (χ1n) is 14.2. The molecule has 2 saturated heterocycles. The van der Waals surface area contributed by atoms with Crippen LogP contribution in [0.5, 0.6) is 0 Å².